The van der Waals surface area contributed by atoms with Gasteiger partial charge in [0.1, 0.15) is 12.7 Å². The lowest BCUT2D eigenvalue weighted by molar-refractivity contribution is 0.0134. The molecule has 0 aromatic heterocycles. The molecule has 8 heteroatoms. The first-order chi connectivity index (χ1) is 12.9. The molecule has 2 atom stereocenters. The van der Waals surface area contributed by atoms with Gasteiger partial charge in [-0.1, -0.05) is 30.3 Å². The van der Waals surface area contributed by atoms with Crippen LogP contribution in [0.25, 0.3) is 0 Å². The predicted molar refractivity (Wildman–Crippen MR) is 93.7 cm³/mol. The fourth-order valence-electron chi connectivity index (χ4n) is 2.38. The molecule has 2 unspecified atom stereocenters. The first-order valence-electron chi connectivity index (χ1n) is 8.20. The Hall–Kier alpha value is -2.97. The van der Waals surface area contributed by atoms with Gasteiger partial charge in [0.2, 0.25) is 0 Å². The third kappa shape index (κ3) is 5.77. The molecule has 27 heavy (non-hydrogen) atoms. The minimum absolute atomic E-state index is 0.00690. The van der Waals surface area contributed by atoms with Crippen molar-refractivity contribution in [2.45, 2.75) is 25.2 Å². The topological polar surface area (TPSA) is 116 Å². The monoisotopic (exact) mass is 377 g/mol. The van der Waals surface area contributed by atoms with Crippen molar-refractivity contribution in [3.8, 4) is 5.75 Å². The summed E-state index contributed by atoms with van der Waals surface area (Å²) >= 11 is 0. The molecule has 0 aliphatic rings. The van der Waals surface area contributed by atoms with Gasteiger partial charge in [0.05, 0.1) is 11.7 Å². The smallest absolute Gasteiger partial charge is 0.407 e. The number of hydrogen-bond acceptors (Lipinski definition) is 6. The van der Waals surface area contributed by atoms with E-state index in [0.717, 1.165) is 17.7 Å². The number of phenols is 1. The van der Waals surface area contributed by atoms with Crippen LogP contribution in [0.3, 0.4) is 0 Å². The summed E-state index contributed by atoms with van der Waals surface area (Å²) in [6, 6.07) is 11.0. The molecule has 0 aliphatic carbocycles. The SMILES string of the molecule is O=Cc1cc(C(O)C(O)CCNC(=O)OCc2ccccc2)cc(F)c1O. The molecule has 0 saturated heterocycles. The minimum atomic E-state index is -1.50. The van der Waals surface area contributed by atoms with E-state index in [2.05, 4.69) is 5.32 Å². The van der Waals surface area contributed by atoms with Crippen molar-refractivity contribution >= 4 is 12.4 Å². The zero-order valence-electron chi connectivity index (χ0n) is 14.3. The summed E-state index contributed by atoms with van der Waals surface area (Å²) in [6.45, 7) is 0.103. The second kappa shape index (κ2) is 9.65. The number of hydrogen-bond donors (Lipinski definition) is 4. The average molecular weight is 377 g/mol. The number of aliphatic hydroxyl groups is 2. The number of aromatic hydroxyl groups is 1. The van der Waals surface area contributed by atoms with Gasteiger partial charge < -0.3 is 25.4 Å². The van der Waals surface area contributed by atoms with Crippen molar-refractivity contribution in [3.63, 3.8) is 0 Å². The molecule has 0 heterocycles. The first kappa shape index (κ1) is 20.3. The lowest BCUT2D eigenvalue weighted by atomic mass is 9.99. The Labute approximate surface area is 155 Å². The highest BCUT2D eigenvalue weighted by Crippen LogP contribution is 2.27. The van der Waals surface area contributed by atoms with E-state index in [1.165, 1.54) is 0 Å². The molecule has 144 valence electrons. The van der Waals surface area contributed by atoms with Crippen LogP contribution in [0, 0.1) is 5.82 Å². The summed E-state index contributed by atoms with van der Waals surface area (Å²) in [5.74, 6) is -1.90. The van der Waals surface area contributed by atoms with E-state index in [-0.39, 0.29) is 37.0 Å². The number of carbonyl (C=O) groups is 2. The van der Waals surface area contributed by atoms with Gasteiger partial charge in [-0.2, -0.15) is 0 Å². The van der Waals surface area contributed by atoms with E-state index < -0.39 is 29.9 Å². The van der Waals surface area contributed by atoms with Crippen LogP contribution in [-0.2, 0) is 11.3 Å². The second-order valence-electron chi connectivity index (χ2n) is 5.85. The number of aldehydes is 1. The Balaban J connectivity index is 1.81. The third-order valence-corrected chi connectivity index (χ3v) is 3.87. The van der Waals surface area contributed by atoms with Crippen molar-refractivity contribution in [3.05, 3.63) is 65.0 Å². The van der Waals surface area contributed by atoms with Gasteiger partial charge in [-0.15, -0.1) is 0 Å². The number of alkyl carbamates (subject to hydrolysis) is 1. The fraction of sp³-hybridized carbons (Fsp3) is 0.263. The first-order valence-corrected chi connectivity index (χ1v) is 8.20. The number of ether oxygens (including phenoxy) is 1. The summed E-state index contributed by atoms with van der Waals surface area (Å²) in [4.78, 5) is 22.4. The van der Waals surface area contributed by atoms with Crippen LogP contribution in [0.15, 0.2) is 42.5 Å². The van der Waals surface area contributed by atoms with E-state index in [9.17, 15) is 29.3 Å². The highest BCUT2D eigenvalue weighted by molar-refractivity contribution is 5.79. The molecule has 7 nitrogen and oxygen atoms in total. The Kier molecular flexibility index (Phi) is 7.27. The van der Waals surface area contributed by atoms with Crippen LogP contribution in [0.4, 0.5) is 9.18 Å². The van der Waals surface area contributed by atoms with E-state index in [1.54, 1.807) is 12.1 Å². The molecule has 0 saturated carbocycles. The molecule has 0 radical (unpaired) electrons. The number of carbonyl (C=O) groups excluding carboxylic acids is 2. The molecule has 0 fully saturated rings. The van der Waals surface area contributed by atoms with Crippen LogP contribution in [0.2, 0.25) is 0 Å². The Morgan fingerprint density at radius 1 is 1.22 bits per heavy atom. The van der Waals surface area contributed by atoms with Crippen LogP contribution in [0.5, 0.6) is 5.75 Å². The molecule has 0 spiro atoms. The Bertz CT molecular complexity index is 783. The Morgan fingerprint density at radius 3 is 2.59 bits per heavy atom. The van der Waals surface area contributed by atoms with Crippen LogP contribution >= 0.6 is 0 Å². The van der Waals surface area contributed by atoms with Crippen LogP contribution < -0.4 is 5.32 Å². The van der Waals surface area contributed by atoms with Crippen molar-refractivity contribution in [2.75, 3.05) is 6.54 Å². The highest BCUT2D eigenvalue weighted by Gasteiger charge is 2.21. The second-order valence-corrected chi connectivity index (χ2v) is 5.85. The molecule has 0 aliphatic heterocycles. The van der Waals surface area contributed by atoms with Crippen molar-refractivity contribution < 1.29 is 34.0 Å². The molecule has 2 rings (SSSR count). The van der Waals surface area contributed by atoms with Crippen LogP contribution in [-0.4, -0.2) is 40.3 Å². The summed E-state index contributed by atoms with van der Waals surface area (Å²) in [7, 11) is 0. The lowest BCUT2D eigenvalue weighted by Crippen LogP contribution is -2.29. The van der Waals surface area contributed by atoms with E-state index in [1.807, 2.05) is 18.2 Å². The lowest BCUT2D eigenvalue weighted by Gasteiger charge is -2.19. The summed E-state index contributed by atoms with van der Waals surface area (Å²) in [6.07, 6.45) is -3.31. The van der Waals surface area contributed by atoms with E-state index in [4.69, 9.17) is 4.74 Å². The standard InChI is InChI=1S/C19H20FNO6/c20-15-9-13(8-14(10-22)17(15)24)18(25)16(23)6-7-21-19(26)27-11-12-4-2-1-3-5-12/h1-5,8-10,16,18,23-25H,6-7,11H2,(H,21,26). The maximum Gasteiger partial charge on any atom is 0.407 e. The number of aliphatic hydroxyl groups excluding tert-OH is 2. The van der Waals surface area contributed by atoms with Crippen molar-refractivity contribution in [1.29, 1.82) is 0 Å². The molecule has 1 amide bonds. The number of halogens is 1. The quantitative estimate of drug-likeness (QED) is 0.523. The van der Waals surface area contributed by atoms with Gasteiger partial charge in [0, 0.05) is 6.54 Å². The van der Waals surface area contributed by atoms with Crippen LogP contribution in [0.1, 0.15) is 34.0 Å². The molecular weight excluding hydrogens is 357 g/mol. The van der Waals surface area contributed by atoms with Gasteiger partial charge in [-0.3, -0.25) is 4.79 Å². The third-order valence-electron chi connectivity index (χ3n) is 3.87. The van der Waals surface area contributed by atoms with Gasteiger partial charge >= 0.3 is 6.09 Å². The molecule has 0 bridgehead atoms. The van der Waals surface area contributed by atoms with E-state index >= 15 is 0 Å². The van der Waals surface area contributed by atoms with Gasteiger partial charge in [-0.05, 0) is 29.7 Å². The Morgan fingerprint density at radius 2 is 1.93 bits per heavy atom. The van der Waals surface area contributed by atoms with Gasteiger partial charge in [-0.25, -0.2) is 9.18 Å². The fourth-order valence-corrected chi connectivity index (χ4v) is 2.38. The minimum Gasteiger partial charge on any atom is -0.504 e. The molecule has 2 aromatic rings. The van der Waals surface area contributed by atoms with Crippen molar-refractivity contribution in [2.24, 2.45) is 0 Å². The van der Waals surface area contributed by atoms with Crippen molar-refractivity contribution in [1.82, 2.24) is 5.32 Å². The largest absolute Gasteiger partial charge is 0.504 e. The van der Waals surface area contributed by atoms with Gasteiger partial charge in [0.25, 0.3) is 0 Å². The summed E-state index contributed by atoms with van der Waals surface area (Å²) < 4.78 is 18.6. The predicted octanol–water partition coefficient (Wildman–Crippen LogP) is 2.05. The maximum absolute atomic E-state index is 13.6. The number of amides is 1. The number of rotatable bonds is 8. The molecule has 4 N–H and O–H groups in total. The zero-order valence-corrected chi connectivity index (χ0v) is 14.3. The number of benzene rings is 2. The van der Waals surface area contributed by atoms with E-state index in [0.29, 0.717) is 0 Å². The average Bonchev–Trinajstić information content (AvgIpc) is 2.68. The van der Waals surface area contributed by atoms with Gasteiger partial charge in [0.15, 0.2) is 17.9 Å². The molecular formula is C19H20FNO6. The number of nitrogens with one attached hydrogen (secondary N) is 1. The number of phenolic OH excluding ortho intramolecular Hbond substituents is 1. The molecule has 2 aromatic carbocycles. The summed E-state index contributed by atoms with van der Waals surface area (Å²) in [5, 5.41) is 31.9. The summed E-state index contributed by atoms with van der Waals surface area (Å²) in [5.41, 5.74) is 0.425. The highest BCUT2D eigenvalue weighted by atomic mass is 19.1. The maximum atomic E-state index is 13.6. The normalized spacial score (nSPS) is 12.9. The zero-order chi connectivity index (χ0) is 19.8.